The number of carboxylic acids is 1. The van der Waals surface area contributed by atoms with Crippen LogP contribution in [0.2, 0.25) is 25.7 Å². The number of nitrogens with zero attached hydrogens (tertiary/aromatic N) is 4. The molecule has 3 heterocycles. The van der Waals surface area contributed by atoms with Crippen molar-refractivity contribution in [3.05, 3.63) is 23.7 Å². The van der Waals surface area contributed by atoms with Crippen molar-refractivity contribution in [1.82, 2.24) is 24.8 Å². The second-order valence-corrected chi connectivity index (χ2v) is 16.0. The number of amides is 2. The summed E-state index contributed by atoms with van der Waals surface area (Å²) in [6.07, 6.45) is 4.12. The van der Waals surface area contributed by atoms with Crippen molar-refractivity contribution in [2.45, 2.75) is 63.1 Å². The molecule has 12 heteroatoms. The fraction of sp³-hybridized carbons (Fsp3) is 0.591. The van der Waals surface area contributed by atoms with Crippen molar-refractivity contribution in [2.75, 3.05) is 19.7 Å². The third kappa shape index (κ3) is 5.07. The summed E-state index contributed by atoms with van der Waals surface area (Å²) in [7, 11) is -1.26. The zero-order valence-electron chi connectivity index (χ0n) is 19.7. The van der Waals surface area contributed by atoms with E-state index in [9.17, 15) is 24.6 Å². The maximum atomic E-state index is 13.3. The van der Waals surface area contributed by atoms with Gasteiger partial charge < -0.3 is 29.7 Å². The molecule has 1 saturated heterocycles. The maximum Gasteiger partial charge on any atom is 0.407 e. The minimum absolute atomic E-state index is 0.0161. The number of nitrogens with one attached hydrogen (secondary N) is 1. The summed E-state index contributed by atoms with van der Waals surface area (Å²) in [5.74, 6) is -1.57. The number of carboxylic acid groups (broad SMARTS) is 2. The molecule has 11 nitrogen and oxygen atoms in total. The van der Waals surface area contributed by atoms with Gasteiger partial charge in [0.2, 0.25) is 0 Å². The molecule has 34 heavy (non-hydrogen) atoms. The van der Waals surface area contributed by atoms with Crippen LogP contribution in [0.4, 0.5) is 4.79 Å². The van der Waals surface area contributed by atoms with Crippen LogP contribution in [0.1, 0.15) is 41.2 Å². The molecule has 0 spiro atoms. The number of fused-ring (bicyclic) bond motifs is 1. The molecule has 184 valence electrons. The lowest BCUT2D eigenvalue weighted by molar-refractivity contribution is -0.143. The fourth-order valence-electron chi connectivity index (χ4n) is 4.03. The number of aromatic nitrogens is 3. The van der Waals surface area contributed by atoms with E-state index in [1.807, 2.05) is 0 Å². The molecule has 2 aliphatic rings. The zero-order valence-corrected chi connectivity index (χ0v) is 20.7. The highest BCUT2D eigenvalue weighted by Crippen LogP contribution is 2.39. The third-order valence-electron chi connectivity index (χ3n) is 6.35. The van der Waals surface area contributed by atoms with Crippen LogP contribution in [0.25, 0.3) is 11.2 Å². The summed E-state index contributed by atoms with van der Waals surface area (Å²) in [4.78, 5) is 46.9. The van der Waals surface area contributed by atoms with Crippen LogP contribution in [-0.2, 0) is 16.3 Å². The van der Waals surface area contributed by atoms with E-state index in [-0.39, 0.29) is 31.8 Å². The number of carbonyl (C=O) groups excluding carboxylic acids is 1. The van der Waals surface area contributed by atoms with Gasteiger partial charge in [0.1, 0.15) is 12.2 Å². The van der Waals surface area contributed by atoms with Gasteiger partial charge in [0, 0.05) is 39.8 Å². The van der Waals surface area contributed by atoms with E-state index in [2.05, 4.69) is 34.9 Å². The number of hydrogen-bond donors (Lipinski definition) is 3. The van der Waals surface area contributed by atoms with Crippen LogP contribution in [0.5, 0.6) is 0 Å². The average molecular weight is 490 g/mol. The summed E-state index contributed by atoms with van der Waals surface area (Å²) < 4.78 is 7.56. The van der Waals surface area contributed by atoms with E-state index in [0.717, 1.165) is 29.5 Å². The van der Waals surface area contributed by atoms with E-state index in [1.165, 1.54) is 0 Å². The Kier molecular flexibility index (Phi) is 6.38. The summed E-state index contributed by atoms with van der Waals surface area (Å²) in [6.45, 7) is 7.30. The van der Waals surface area contributed by atoms with E-state index in [1.54, 1.807) is 17.0 Å². The van der Waals surface area contributed by atoms with Gasteiger partial charge in [0.15, 0.2) is 11.2 Å². The standard InChI is InChI=1S/C22H31N5O6Si/c1-34(2,3)9-8-33-13-27-11-15(17-18(27)23-10-16(24-17)14-4-5-14)19(28)25-22(20(29)30)6-7-26(12-22)21(31)32/h10-11,14H,4-9,12-13H2,1-3H3,(H,25,28)(H,29,30)(H,31,32). The molecule has 3 N–H and O–H groups in total. The van der Waals surface area contributed by atoms with Gasteiger partial charge in [-0.15, -0.1) is 0 Å². The molecule has 1 aliphatic heterocycles. The summed E-state index contributed by atoms with van der Waals surface area (Å²) in [6, 6.07) is 0.998. The van der Waals surface area contributed by atoms with Gasteiger partial charge in [-0.05, 0) is 18.9 Å². The first kappa shape index (κ1) is 24.1. The predicted molar refractivity (Wildman–Crippen MR) is 126 cm³/mol. The number of carbonyl (C=O) groups is 3. The molecule has 2 aromatic rings. The van der Waals surface area contributed by atoms with Crippen LogP contribution in [0.15, 0.2) is 12.4 Å². The molecule has 0 aromatic carbocycles. The SMILES string of the molecule is C[Si](C)(C)CCOCn1cc(C(=O)NC2(C(=O)O)CCN(C(=O)O)C2)c2nc(C3CC3)cnc21. The third-order valence-corrected chi connectivity index (χ3v) is 8.06. The second kappa shape index (κ2) is 8.99. The van der Waals surface area contributed by atoms with Gasteiger partial charge in [-0.3, -0.25) is 4.79 Å². The number of rotatable bonds is 9. The van der Waals surface area contributed by atoms with Gasteiger partial charge in [-0.25, -0.2) is 19.6 Å². The monoisotopic (exact) mass is 489 g/mol. The van der Waals surface area contributed by atoms with E-state index >= 15 is 0 Å². The highest BCUT2D eigenvalue weighted by Gasteiger charge is 2.48. The molecule has 0 radical (unpaired) electrons. The molecule has 2 aromatic heterocycles. The highest BCUT2D eigenvalue weighted by atomic mass is 28.3. The minimum Gasteiger partial charge on any atom is -0.479 e. The molecule has 2 amide bonds. The molecule has 4 rings (SSSR count). The molecular weight excluding hydrogens is 458 g/mol. The fourth-order valence-corrected chi connectivity index (χ4v) is 4.79. The molecule has 1 atom stereocenters. The zero-order chi connectivity index (χ0) is 24.7. The smallest absolute Gasteiger partial charge is 0.407 e. The van der Waals surface area contributed by atoms with Crippen molar-refractivity contribution in [2.24, 2.45) is 0 Å². The topological polar surface area (TPSA) is 147 Å². The summed E-state index contributed by atoms with van der Waals surface area (Å²) in [5, 5.41) is 21.7. The number of likely N-dealkylation sites (tertiary alicyclic amines) is 1. The Morgan fingerprint density at radius 3 is 2.59 bits per heavy atom. The van der Waals surface area contributed by atoms with Crippen LogP contribution < -0.4 is 5.32 Å². The molecule has 1 unspecified atom stereocenters. The van der Waals surface area contributed by atoms with Crippen molar-refractivity contribution in [3.8, 4) is 0 Å². The van der Waals surface area contributed by atoms with Crippen molar-refractivity contribution < 1.29 is 29.3 Å². The largest absolute Gasteiger partial charge is 0.479 e. The second-order valence-electron chi connectivity index (χ2n) is 10.4. The lowest BCUT2D eigenvalue weighted by Crippen LogP contribution is -2.56. The summed E-state index contributed by atoms with van der Waals surface area (Å²) >= 11 is 0. The van der Waals surface area contributed by atoms with E-state index in [4.69, 9.17) is 4.74 Å². The summed E-state index contributed by atoms with van der Waals surface area (Å²) in [5.41, 5.74) is 0.201. The predicted octanol–water partition coefficient (Wildman–Crippen LogP) is 2.56. The molecule has 1 aliphatic carbocycles. The first-order valence-electron chi connectivity index (χ1n) is 11.5. The lowest BCUT2D eigenvalue weighted by Gasteiger charge is -2.25. The average Bonchev–Trinajstić information content (AvgIpc) is 3.41. The number of ether oxygens (including phenoxy) is 1. The Morgan fingerprint density at radius 1 is 1.26 bits per heavy atom. The molecule has 2 fully saturated rings. The number of aliphatic carboxylic acids is 1. The first-order valence-corrected chi connectivity index (χ1v) is 15.2. The van der Waals surface area contributed by atoms with Gasteiger partial charge in [-0.2, -0.15) is 0 Å². The van der Waals surface area contributed by atoms with Crippen molar-refractivity contribution in [3.63, 3.8) is 0 Å². The quantitative estimate of drug-likeness (QED) is 0.360. The Labute approximate surface area is 198 Å². The molecule has 0 bridgehead atoms. The van der Waals surface area contributed by atoms with Gasteiger partial charge >= 0.3 is 12.1 Å². The van der Waals surface area contributed by atoms with Crippen LogP contribution >= 0.6 is 0 Å². The van der Waals surface area contributed by atoms with Crippen molar-refractivity contribution in [1.29, 1.82) is 0 Å². The maximum absolute atomic E-state index is 13.3. The van der Waals surface area contributed by atoms with E-state index < -0.39 is 31.6 Å². The Morgan fingerprint density at radius 2 is 2.00 bits per heavy atom. The van der Waals surface area contributed by atoms with Gasteiger partial charge in [0.25, 0.3) is 5.91 Å². The Balaban J connectivity index is 1.61. The van der Waals surface area contributed by atoms with Crippen LogP contribution in [-0.4, -0.2) is 80.9 Å². The number of hydrogen-bond acceptors (Lipinski definition) is 6. The first-order chi connectivity index (χ1) is 16.0. The van der Waals surface area contributed by atoms with E-state index in [0.29, 0.717) is 23.7 Å². The van der Waals surface area contributed by atoms with Crippen LogP contribution in [0, 0.1) is 0 Å². The molecule has 1 saturated carbocycles. The lowest BCUT2D eigenvalue weighted by atomic mass is 9.98. The normalized spacial score (nSPS) is 20.6. The Hall–Kier alpha value is -2.99. The molecular formula is C22H31N5O6Si. The van der Waals surface area contributed by atoms with Gasteiger partial charge in [-0.1, -0.05) is 19.6 Å². The highest BCUT2D eigenvalue weighted by molar-refractivity contribution is 6.76. The van der Waals surface area contributed by atoms with Crippen LogP contribution in [0.3, 0.4) is 0 Å². The minimum atomic E-state index is -1.70. The van der Waals surface area contributed by atoms with Gasteiger partial charge in [0.05, 0.1) is 24.0 Å². The Bertz CT molecular complexity index is 1120. The van der Waals surface area contributed by atoms with Crippen molar-refractivity contribution >= 4 is 37.2 Å².